The SMILES string of the molecule is CCCc1cnc(NI)c2c(-c3noc(C4CC4)c3C)nn(CC)c12. The Morgan fingerprint density at radius 2 is 2.12 bits per heavy atom. The Balaban J connectivity index is 1.99. The Morgan fingerprint density at radius 3 is 2.76 bits per heavy atom. The second kappa shape index (κ2) is 6.59. The smallest absolute Gasteiger partial charge is 0.146 e. The highest BCUT2D eigenvalue weighted by Gasteiger charge is 2.32. The number of aromatic nitrogens is 4. The minimum atomic E-state index is 0.539. The first kappa shape index (κ1) is 16.8. The number of fused-ring (bicyclic) bond motifs is 1. The summed E-state index contributed by atoms with van der Waals surface area (Å²) < 4.78 is 10.9. The van der Waals surface area contributed by atoms with Crippen LogP contribution in [0.4, 0.5) is 5.82 Å². The first-order valence-corrected chi connectivity index (χ1v) is 9.98. The molecule has 132 valence electrons. The number of rotatable bonds is 6. The van der Waals surface area contributed by atoms with Gasteiger partial charge >= 0.3 is 0 Å². The van der Waals surface area contributed by atoms with Gasteiger partial charge in [-0.15, -0.1) is 0 Å². The third kappa shape index (κ3) is 2.72. The minimum absolute atomic E-state index is 0.539. The van der Waals surface area contributed by atoms with E-state index in [9.17, 15) is 0 Å². The molecule has 7 heteroatoms. The quantitative estimate of drug-likeness (QED) is 0.422. The number of nitrogens with one attached hydrogen (secondary N) is 1. The fraction of sp³-hybridized carbons (Fsp3) is 0.500. The van der Waals surface area contributed by atoms with Gasteiger partial charge in [0.2, 0.25) is 0 Å². The second-order valence-electron chi connectivity index (χ2n) is 6.66. The first-order chi connectivity index (χ1) is 12.2. The van der Waals surface area contributed by atoms with Gasteiger partial charge in [0.25, 0.3) is 0 Å². The number of pyridine rings is 1. The zero-order chi connectivity index (χ0) is 17.6. The van der Waals surface area contributed by atoms with Crippen molar-refractivity contribution in [3.63, 3.8) is 0 Å². The molecule has 0 spiro atoms. The van der Waals surface area contributed by atoms with Gasteiger partial charge in [0.1, 0.15) is 23.0 Å². The summed E-state index contributed by atoms with van der Waals surface area (Å²) in [6.07, 6.45) is 6.43. The number of halogens is 1. The molecule has 1 saturated carbocycles. The molecular formula is C18H22IN5O. The molecule has 0 radical (unpaired) electrons. The van der Waals surface area contributed by atoms with E-state index >= 15 is 0 Å². The number of hydrogen-bond donors (Lipinski definition) is 1. The molecule has 0 aliphatic heterocycles. The van der Waals surface area contributed by atoms with Crippen LogP contribution >= 0.6 is 22.9 Å². The van der Waals surface area contributed by atoms with Crippen molar-refractivity contribution < 1.29 is 4.52 Å². The fourth-order valence-corrected chi connectivity index (χ4v) is 3.90. The molecule has 0 aromatic carbocycles. The maximum Gasteiger partial charge on any atom is 0.146 e. The summed E-state index contributed by atoms with van der Waals surface area (Å²) in [4.78, 5) is 4.63. The van der Waals surface area contributed by atoms with Crippen LogP contribution in [0.2, 0.25) is 0 Å². The summed E-state index contributed by atoms with van der Waals surface area (Å²) in [5.41, 5.74) is 5.23. The molecule has 3 heterocycles. The Bertz CT molecular complexity index is 925. The van der Waals surface area contributed by atoms with Crippen molar-refractivity contribution in [2.75, 3.05) is 3.53 Å². The average Bonchev–Trinajstić information content (AvgIpc) is 3.29. The van der Waals surface area contributed by atoms with Gasteiger partial charge in [0, 0.05) is 24.2 Å². The molecule has 1 aliphatic rings. The molecule has 1 N–H and O–H groups in total. The summed E-state index contributed by atoms with van der Waals surface area (Å²) in [7, 11) is 0. The zero-order valence-corrected chi connectivity index (χ0v) is 16.9. The first-order valence-electron chi connectivity index (χ1n) is 8.91. The summed E-state index contributed by atoms with van der Waals surface area (Å²) in [5.74, 6) is 2.40. The van der Waals surface area contributed by atoms with Crippen LogP contribution in [0.1, 0.15) is 55.9 Å². The minimum Gasteiger partial charge on any atom is -0.360 e. The van der Waals surface area contributed by atoms with Gasteiger partial charge in [-0.3, -0.25) is 4.68 Å². The highest BCUT2D eigenvalue weighted by atomic mass is 127. The lowest BCUT2D eigenvalue weighted by atomic mass is 10.0. The molecule has 1 fully saturated rings. The van der Waals surface area contributed by atoms with Gasteiger partial charge in [0.15, 0.2) is 0 Å². The summed E-state index contributed by atoms with van der Waals surface area (Å²) in [5, 5.41) is 10.3. The lowest BCUT2D eigenvalue weighted by Gasteiger charge is -2.07. The van der Waals surface area contributed by atoms with E-state index < -0.39 is 0 Å². The van der Waals surface area contributed by atoms with Gasteiger partial charge in [-0.25, -0.2) is 4.98 Å². The van der Waals surface area contributed by atoms with Crippen LogP contribution in [-0.2, 0) is 13.0 Å². The lowest BCUT2D eigenvalue weighted by Crippen LogP contribution is -2.00. The van der Waals surface area contributed by atoms with Gasteiger partial charge in [-0.1, -0.05) is 18.5 Å². The molecule has 0 atom stereocenters. The largest absolute Gasteiger partial charge is 0.360 e. The van der Waals surface area contributed by atoms with Crippen LogP contribution in [0.5, 0.6) is 0 Å². The molecule has 0 saturated heterocycles. The monoisotopic (exact) mass is 451 g/mol. The number of aryl methyl sites for hydroxylation is 2. The number of anilines is 1. The maximum atomic E-state index is 5.67. The third-order valence-corrected chi connectivity index (χ3v) is 5.39. The summed E-state index contributed by atoms with van der Waals surface area (Å²) >= 11 is 2.13. The van der Waals surface area contributed by atoms with E-state index in [0.717, 1.165) is 58.8 Å². The molecule has 0 bridgehead atoms. The van der Waals surface area contributed by atoms with Gasteiger partial charge in [-0.05, 0) is 38.7 Å². The van der Waals surface area contributed by atoms with Crippen LogP contribution in [0.3, 0.4) is 0 Å². The second-order valence-corrected chi connectivity index (χ2v) is 7.20. The van der Waals surface area contributed by atoms with Crippen molar-refractivity contribution in [1.29, 1.82) is 0 Å². The molecule has 3 aromatic rings. The van der Waals surface area contributed by atoms with Crippen molar-refractivity contribution >= 4 is 39.6 Å². The maximum absolute atomic E-state index is 5.67. The van der Waals surface area contributed by atoms with E-state index in [1.54, 1.807) is 0 Å². The highest BCUT2D eigenvalue weighted by molar-refractivity contribution is 14.1. The van der Waals surface area contributed by atoms with E-state index in [1.165, 1.54) is 18.4 Å². The van der Waals surface area contributed by atoms with Crippen molar-refractivity contribution in [2.45, 2.75) is 58.9 Å². The Kier molecular flexibility index (Phi) is 4.43. The van der Waals surface area contributed by atoms with Crippen LogP contribution in [0.25, 0.3) is 22.3 Å². The van der Waals surface area contributed by atoms with Gasteiger partial charge in [-0.2, -0.15) is 5.10 Å². The summed E-state index contributed by atoms with van der Waals surface area (Å²) in [6.45, 7) is 7.21. The van der Waals surface area contributed by atoms with E-state index in [-0.39, 0.29) is 0 Å². The lowest BCUT2D eigenvalue weighted by molar-refractivity contribution is 0.385. The van der Waals surface area contributed by atoms with Gasteiger partial charge in [0.05, 0.1) is 33.8 Å². The topological polar surface area (TPSA) is 68.8 Å². The summed E-state index contributed by atoms with van der Waals surface area (Å²) in [6, 6.07) is 0. The average molecular weight is 451 g/mol. The van der Waals surface area contributed by atoms with Crippen molar-refractivity contribution in [2.24, 2.45) is 0 Å². The molecule has 1 aliphatic carbocycles. The molecule has 0 unspecified atom stereocenters. The predicted octanol–water partition coefficient (Wildman–Crippen LogP) is 5.01. The van der Waals surface area contributed by atoms with Crippen molar-refractivity contribution in [1.82, 2.24) is 19.9 Å². The Hall–Kier alpha value is -1.64. The normalized spacial score (nSPS) is 14.4. The number of nitrogens with zero attached hydrogens (tertiary/aromatic N) is 4. The molecule has 3 aromatic heterocycles. The molecule has 4 rings (SSSR count). The molecule has 0 amide bonds. The van der Waals surface area contributed by atoms with Crippen molar-refractivity contribution in [3.05, 3.63) is 23.1 Å². The van der Waals surface area contributed by atoms with Crippen LogP contribution in [0.15, 0.2) is 10.7 Å². The van der Waals surface area contributed by atoms with Crippen LogP contribution in [0, 0.1) is 6.92 Å². The van der Waals surface area contributed by atoms with Gasteiger partial charge < -0.3 is 8.05 Å². The Morgan fingerprint density at radius 1 is 1.32 bits per heavy atom. The standard InChI is InChI=1S/C18H22IN5O/c1-4-6-12-9-20-18(21-19)13-15(22-24(5-2)16(12)13)14-10(3)17(25-23-14)11-7-8-11/h9,11H,4-8H2,1-3H3,(H,20,21). The Labute approximate surface area is 160 Å². The number of hydrogen-bond acceptors (Lipinski definition) is 5. The molecular weight excluding hydrogens is 429 g/mol. The zero-order valence-electron chi connectivity index (χ0n) is 14.8. The molecule has 6 nitrogen and oxygen atoms in total. The third-order valence-electron chi connectivity index (χ3n) is 4.88. The van der Waals surface area contributed by atoms with E-state index in [0.29, 0.717) is 5.92 Å². The predicted molar refractivity (Wildman–Crippen MR) is 107 cm³/mol. The fourth-order valence-electron chi connectivity index (χ4n) is 3.49. The van der Waals surface area contributed by atoms with E-state index in [4.69, 9.17) is 9.62 Å². The van der Waals surface area contributed by atoms with E-state index in [1.807, 2.05) is 6.20 Å². The van der Waals surface area contributed by atoms with E-state index in [2.05, 4.69) is 62.0 Å². The van der Waals surface area contributed by atoms with Crippen LogP contribution < -0.4 is 3.53 Å². The highest BCUT2D eigenvalue weighted by Crippen LogP contribution is 2.44. The molecule has 25 heavy (non-hydrogen) atoms. The van der Waals surface area contributed by atoms with Crippen LogP contribution in [-0.4, -0.2) is 19.9 Å². The van der Waals surface area contributed by atoms with Crippen molar-refractivity contribution in [3.8, 4) is 11.4 Å².